The zero-order valence-corrected chi connectivity index (χ0v) is 12.0. The van der Waals surface area contributed by atoms with Crippen molar-refractivity contribution >= 4 is 29.3 Å². The topological polar surface area (TPSA) is 74.0 Å². The van der Waals surface area contributed by atoms with E-state index in [4.69, 9.17) is 22.0 Å². The maximum atomic E-state index is 11.1. The largest absolute Gasteiger partial charge is 0.478 e. The molecule has 0 saturated heterocycles. The van der Waals surface area contributed by atoms with E-state index in [1.807, 2.05) is 6.07 Å². The number of aromatic carboxylic acids is 1. The van der Waals surface area contributed by atoms with E-state index in [2.05, 4.69) is 4.98 Å². The van der Waals surface area contributed by atoms with Gasteiger partial charge in [-0.3, -0.25) is 0 Å². The summed E-state index contributed by atoms with van der Waals surface area (Å²) in [6, 6.07) is 8.61. The van der Waals surface area contributed by atoms with Crippen LogP contribution in [0.25, 0.3) is 0 Å². The number of rotatable bonds is 3. The first kappa shape index (κ1) is 14.4. The Morgan fingerprint density at radius 3 is 2.85 bits per heavy atom. The third-order valence-electron chi connectivity index (χ3n) is 2.63. The normalized spacial score (nSPS) is 10.1. The quantitative estimate of drug-likeness (QED) is 0.934. The average molecular weight is 305 g/mol. The minimum atomic E-state index is -0.977. The number of hydrogen-bond donors (Lipinski definition) is 1. The first-order chi connectivity index (χ1) is 9.52. The fourth-order valence-electron chi connectivity index (χ4n) is 1.59. The number of carbonyl (C=O) groups is 1. The third-order valence-corrected chi connectivity index (χ3v) is 4.12. The Morgan fingerprint density at radius 2 is 2.20 bits per heavy atom. The first-order valence-electron chi connectivity index (χ1n) is 5.59. The summed E-state index contributed by atoms with van der Waals surface area (Å²) in [6.45, 7) is 1.74. The summed E-state index contributed by atoms with van der Waals surface area (Å²) in [5.41, 5.74) is 1.27. The van der Waals surface area contributed by atoms with Crippen molar-refractivity contribution in [3.05, 3.63) is 52.2 Å². The predicted octanol–water partition coefficient (Wildman–Crippen LogP) is 3.76. The Balaban J connectivity index is 2.39. The number of nitrogens with zero attached hydrogens (tertiary/aromatic N) is 2. The van der Waals surface area contributed by atoms with Crippen LogP contribution in [0.3, 0.4) is 0 Å². The van der Waals surface area contributed by atoms with Crippen molar-refractivity contribution in [2.45, 2.75) is 16.8 Å². The molecule has 0 saturated carbocycles. The van der Waals surface area contributed by atoms with E-state index in [0.29, 0.717) is 21.0 Å². The maximum Gasteiger partial charge on any atom is 0.335 e. The fourth-order valence-corrected chi connectivity index (χ4v) is 2.71. The van der Waals surface area contributed by atoms with Crippen LogP contribution in [0.5, 0.6) is 0 Å². The van der Waals surface area contributed by atoms with Gasteiger partial charge in [-0.15, -0.1) is 0 Å². The van der Waals surface area contributed by atoms with Gasteiger partial charge in [0.2, 0.25) is 0 Å². The third kappa shape index (κ3) is 2.93. The highest BCUT2D eigenvalue weighted by molar-refractivity contribution is 7.99. The van der Waals surface area contributed by atoms with Crippen LogP contribution in [0.2, 0.25) is 5.02 Å². The molecule has 0 atom stereocenters. The van der Waals surface area contributed by atoms with Gasteiger partial charge in [-0.05, 0) is 30.7 Å². The van der Waals surface area contributed by atoms with Crippen LogP contribution in [0.1, 0.15) is 21.5 Å². The highest BCUT2D eigenvalue weighted by Gasteiger charge is 2.12. The van der Waals surface area contributed by atoms with Crippen molar-refractivity contribution < 1.29 is 9.90 Å². The van der Waals surface area contributed by atoms with E-state index >= 15 is 0 Å². The van der Waals surface area contributed by atoms with Crippen LogP contribution in [0.15, 0.2) is 40.4 Å². The molecule has 0 spiro atoms. The van der Waals surface area contributed by atoms with E-state index in [9.17, 15) is 4.79 Å². The molecule has 1 heterocycles. The smallest absolute Gasteiger partial charge is 0.335 e. The molecule has 0 fully saturated rings. The Labute approximate surface area is 125 Å². The molecule has 2 rings (SSSR count). The molecule has 20 heavy (non-hydrogen) atoms. The predicted molar refractivity (Wildman–Crippen MR) is 76.2 cm³/mol. The highest BCUT2D eigenvalue weighted by atomic mass is 35.5. The average Bonchev–Trinajstić information content (AvgIpc) is 2.43. The van der Waals surface area contributed by atoms with Gasteiger partial charge in [0.1, 0.15) is 11.1 Å². The van der Waals surface area contributed by atoms with Gasteiger partial charge in [-0.2, -0.15) is 5.26 Å². The number of halogens is 1. The summed E-state index contributed by atoms with van der Waals surface area (Å²) in [7, 11) is 0. The lowest BCUT2D eigenvalue weighted by Crippen LogP contribution is -1.99. The molecule has 0 aliphatic heterocycles. The van der Waals surface area contributed by atoms with Crippen LogP contribution in [-0.2, 0) is 0 Å². The number of carboxylic acid groups (broad SMARTS) is 1. The van der Waals surface area contributed by atoms with E-state index in [-0.39, 0.29) is 10.6 Å². The molecular formula is C14H9ClN2O2S. The van der Waals surface area contributed by atoms with Gasteiger partial charge in [-0.25, -0.2) is 9.78 Å². The fraction of sp³-hybridized carbons (Fsp3) is 0.0714. The number of aryl methyl sites for hydroxylation is 1. The molecule has 0 aliphatic rings. The van der Waals surface area contributed by atoms with Crippen molar-refractivity contribution in [3.8, 4) is 6.07 Å². The minimum Gasteiger partial charge on any atom is -0.478 e. The molecule has 6 heteroatoms. The van der Waals surface area contributed by atoms with Gasteiger partial charge in [0.05, 0.1) is 16.1 Å². The maximum absolute atomic E-state index is 11.1. The van der Waals surface area contributed by atoms with Crippen LogP contribution >= 0.6 is 23.4 Å². The van der Waals surface area contributed by atoms with Crippen molar-refractivity contribution in [3.63, 3.8) is 0 Å². The molecule has 1 N–H and O–H groups in total. The van der Waals surface area contributed by atoms with Gasteiger partial charge in [0.25, 0.3) is 0 Å². The van der Waals surface area contributed by atoms with Crippen LogP contribution in [0, 0.1) is 18.3 Å². The summed E-state index contributed by atoms with van der Waals surface area (Å²) in [5, 5.41) is 18.8. The molecular weight excluding hydrogens is 296 g/mol. The lowest BCUT2D eigenvalue weighted by atomic mass is 10.1. The summed E-state index contributed by atoms with van der Waals surface area (Å²) in [4.78, 5) is 15.9. The molecule has 1 aromatic heterocycles. The monoisotopic (exact) mass is 304 g/mol. The lowest BCUT2D eigenvalue weighted by molar-refractivity contribution is 0.0696. The van der Waals surface area contributed by atoms with Gasteiger partial charge in [0, 0.05) is 11.1 Å². The number of hydrogen-bond acceptors (Lipinski definition) is 4. The molecule has 0 radical (unpaired) electrons. The zero-order chi connectivity index (χ0) is 14.7. The van der Waals surface area contributed by atoms with Gasteiger partial charge >= 0.3 is 5.97 Å². The highest BCUT2D eigenvalue weighted by Crippen LogP contribution is 2.33. The Morgan fingerprint density at radius 1 is 1.45 bits per heavy atom. The number of carboxylic acids is 1. The molecule has 1 aromatic carbocycles. The Hall–Kier alpha value is -2.03. The molecule has 0 aliphatic carbocycles. The van der Waals surface area contributed by atoms with E-state index in [1.165, 1.54) is 24.0 Å². The van der Waals surface area contributed by atoms with Crippen LogP contribution < -0.4 is 0 Å². The zero-order valence-electron chi connectivity index (χ0n) is 10.4. The van der Waals surface area contributed by atoms with Crippen molar-refractivity contribution in [2.75, 3.05) is 0 Å². The lowest BCUT2D eigenvalue weighted by Gasteiger charge is -2.06. The Kier molecular flexibility index (Phi) is 4.28. The molecule has 100 valence electrons. The first-order valence-corrected chi connectivity index (χ1v) is 6.78. The van der Waals surface area contributed by atoms with Gasteiger partial charge < -0.3 is 5.11 Å². The number of benzene rings is 1. The van der Waals surface area contributed by atoms with Crippen molar-refractivity contribution in [1.82, 2.24) is 4.98 Å². The summed E-state index contributed by atoms with van der Waals surface area (Å²) < 4.78 is 0. The molecule has 0 bridgehead atoms. The molecule has 4 nitrogen and oxygen atoms in total. The van der Waals surface area contributed by atoms with Crippen molar-refractivity contribution in [2.24, 2.45) is 0 Å². The van der Waals surface area contributed by atoms with Gasteiger partial charge in [0.15, 0.2) is 0 Å². The molecule has 0 unspecified atom stereocenters. The van der Waals surface area contributed by atoms with E-state index < -0.39 is 5.97 Å². The summed E-state index contributed by atoms with van der Waals surface area (Å²) >= 11 is 7.30. The van der Waals surface area contributed by atoms with E-state index in [0.717, 1.165) is 0 Å². The van der Waals surface area contributed by atoms with Crippen molar-refractivity contribution in [1.29, 1.82) is 5.26 Å². The second-order valence-electron chi connectivity index (χ2n) is 3.97. The van der Waals surface area contributed by atoms with Crippen LogP contribution in [-0.4, -0.2) is 16.1 Å². The Bertz CT molecular complexity index is 726. The second-order valence-corrected chi connectivity index (χ2v) is 5.41. The number of aromatic nitrogens is 1. The van der Waals surface area contributed by atoms with Gasteiger partial charge in [-0.1, -0.05) is 29.4 Å². The SMILES string of the molecule is Cc1ccc(Sc2nccc(C#N)c2Cl)cc1C(=O)O. The summed E-state index contributed by atoms with van der Waals surface area (Å²) in [5.74, 6) is -0.977. The molecule has 2 aromatic rings. The summed E-state index contributed by atoms with van der Waals surface area (Å²) in [6.07, 6.45) is 1.50. The standard InChI is InChI=1S/C14H9ClN2O2S/c1-8-2-3-10(6-11(8)14(18)19)20-13-12(15)9(7-16)4-5-17-13/h2-6H,1H3,(H,18,19). The minimum absolute atomic E-state index is 0.238. The number of nitriles is 1. The van der Waals surface area contributed by atoms with Crippen LogP contribution in [0.4, 0.5) is 0 Å². The second kappa shape index (κ2) is 5.95. The molecule has 0 amide bonds. The van der Waals surface area contributed by atoms with E-state index in [1.54, 1.807) is 25.1 Å². The number of pyridine rings is 1.